The largest absolute Gasteiger partial charge is 0.463 e. The fourth-order valence-corrected chi connectivity index (χ4v) is 4.05. The molecule has 7 nitrogen and oxygen atoms in total. The lowest BCUT2D eigenvalue weighted by Crippen LogP contribution is -2.24. The SMILES string of the molecule is N#CCCCNC(=O)c1ccc(Cc2cnc(NC(=O)c3coc4ccccc34)s2)cc1. The molecule has 0 fully saturated rings. The van der Waals surface area contributed by atoms with Gasteiger partial charge in [-0.1, -0.05) is 30.3 Å². The first-order chi connectivity index (χ1) is 15.6. The molecule has 4 aromatic rings. The summed E-state index contributed by atoms with van der Waals surface area (Å²) in [6, 6.07) is 16.8. The van der Waals surface area contributed by atoms with Gasteiger partial charge in [0.05, 0.1) is 11.6 Å². The minimum absolute atomic E-state index is 0.149. The van der Waals surface area contributed by atoms with Crippen LogP contribution in [-0.4, -0.2) is 23.3 Å². The highest BCUT2D eigenvalue weighted by Gasteiger charge is 2.15. The number of amides is 2. The van der Waals surface area contributed by atoms with Crippen molar-refractivity contribution < 1.29 is 14.0 Å². The summed E-state index contributed by atoms with van der Waals surface area (Å²) in [5.74, 6) is -0.412. The van der Waals surface area contributed by atoms with Crippen molar-refractivity contribution in [2.75, 3.05) is 11.9 Å². The zero-order chi connectivity index (χ0) is 22.3. The molecule has 0 aliphatic heterocycles. The van der Waals surface area contributed by atoms with Gasteiger partial charge in [0.1, 0.15) is 11.8 Å². The Bertz CT molecular complexity index is 1280. The third-order valence-electron chi connectivity index (χ3n) is 4.85. The topological polar surface area (TPSA) is 108 Å². The molecule has 0 aliphatic carbocycles. The first kappa shape index (κ1) is 21.3. The van der Waals surface area contributed by atoms with Crippen LogP contribution in [0.4, 0.5) is 5.13 Å². The molecule has 0 atom stereocenters. The van der Waals surface area contributed by atoms with Gasteiger partial charge in [-0.05, 0) is 30.2 Å². The molecule has 2 aromatic carbocycles. The lowest BCUT2D eigenvalue weighted by molar-refractivity contribution is 0.0952. The van der Waals surface area contributed by atoms with E-state index in [0.717, 1.165) is 15.8 Å². The molecular formula is C24H20N4O3S. The van der Waals surface area contributed by atoms with E-state index in [0.29, 0.717) is 47.6 Å². The highest BCUT2D eigenvalue weighted by atomic mass is 32.1. The molecule has 32 heavy (non-hydrogen) atoms. The van der Waals surface area contributed by atoms with E-state index in [2.05, 4.69) is 21.7 Å². The highest BCUT2D eigenvalue weighted by Crippen LogP contribution is 2.25. The molecule has 4 rings (SSSR count). The van der Waals surface area contributed by atoms with Crippen LogP contribution < -0.4 is 10.6 Å². The number of aromatic nitrogens is 1. The lowest BCUT2D eigenvalue weighted by Gasteiger charge is -2.05. The Labute approximate surface area is 188 Å². The summed E-state index contributed by atoms with van der Waals surface area (Å²) < 4.78 is 5.43. The zero-order valence-corrected chi connectivity index (χ0v) is 17.9. The summed E-state index contributed by atoms with van der Waals surface area (Å²) in [5.41, 5.74) is 2.75. The molecule has 0 saturated heterocycles. The first-order valence-electron chi connectivity index (χ1n) is 10.1. The van der Waals surface area contributed by atoms with Gasteiger partial charge in [0, 0.05) is 41.4 Å². The average Bonchev–Trinajstić information content (AvgIpc) is 3.44. The number of nitriles is 1. The van der Waals surface area contributed by atoms with Gasteiger partial charge in [0.2, 0.25) is 0 Å². The number of benzene rings is 2. The summed E-state index contributed by atoms with van der Waals surface area (Å²) in [4.78, 5) is 30.0. The molecule has 0 saturated carbocycles. The zero-order valence-electron chi connectivity index (χ0n) is 17.1. The van der Waals surface area contributed by atoms with Crippen LogP contribution in [0, 0.1) is 11.3 Å². The van der Waals surface area contributed by atoms with E-state index in [9.17, 15) is 9.59 Å². The van der Waals surface area contributed by atoms with Gasteiger partial charge in [0.25, 0.3) is 11.8 Å². The summed E-state index contributed by atoms with van der Waals surface area (Å²) in [6.07, 6.45) is 4.90. The monoisotopic (exact) mass is 444 g/mol. The maximum absolute atomic E-state index is 12.6. The number of furan rings is 1. The summed E-state index contributed by atoms with van der Waals surface area (Å²) in [5, 5.41) is 15.4. The number of nitrogens with zero attached hydrogens (tertiary/aromatic N) is 2. The lowest BCUT2D eigenvalue weighted by atomic mass is 10.1. The van der Waals surface area contributed by atoms with Gasteiger partial charge in [-0.15, -0.1) is 11.3 Å². The van der Waals surface area contributed by atoms with Gasteiger partial charge < -0.3 is 9.73 Å². The van der Waals surface area contributed by atoms with E-state index >= 15 is 0 Å². The van der Waals surface area contributed by atoms with E-state index in [-0.39, 0.29) is 11.8 Å². The number of hydrogen-bond acceptors (Lipinski definition) is 6. The van der Waals surface area contributed by atoms with Gasteiger partial charge in [-0.3, -0.25) is 14.9 Å². The fourth-order valence-electron chi connectivity index (χ4n) is 3.21. The molecule has 2 heterocycles. The number of hydrogen-bond donors (Lipinski definition) is 2. The summed E-state index contributed by atoms with van der Waals surface area (Å²) >= 11 is 1.41. The standard InChI is InChI=1S/C24H20N4O3S/c25-11-3-4-12-26-22(29)17-9-7-16(8-10-17)13-18-14-27-24(32-18)28-23(30)20-15-31-21-6-2-1-5-19(20)21/h1-2,5-10,14-15H,3-4,12-13H2,(H,26,29)(H,27,28,30). The highest BCUT2D eigenvalue weighted by molar-refractivity contribution is 7.15. The van der Waals surface area contributed by atoms with Crippen molar-refractivity contribution in [3.05, 3.63) is 82.6 Å². The molecule has 2 amide bonds. The van der Waals surface area contributed by atoms with Crippen LogP contribution in [0.15, 0.2) is 65.4 Å². The van der Waals surface area contributed by atoms with Crippen LogP contribution in [0.5, 0.6) is 0 Å². The van der Waals surface area contributed by atoms with Crippen molar-refractivity contribution in [1.29, 1.82) is 5.26 Å². The number of para-hydroxylation sites is 1. The Morgan fingerprint density at radius 2 is 1.91 bits per heavy atom. The number of fused-ring (bicyclic) bond motifs is 1. The van der Waals surface area contributed by atoms with E-state index in [1.165, 1.54) is 17.6 Å². The third-order valence-corrected chi connectivity index (χ3v) is 5.76. The Kier molecular flexibility index (Phi) is 6.58. The number of carbonyl (C=O) groups excluding carboxylic acids is 2. The van der Waals surface area contributed by atoms with Crippen LogP contribution >= 0.6 is 11.3 Å². The minimum Gasteiger partial charge on any atom is -0.463 e. The molecular weight excluding hydrogens is 424 g/mol. The molecule has 8 heteroatoms. The molecule has 160 valence electrons. The van der Waals surface area contributed by atoms with Crippen LogP contribution in [-0.2, 0) is 6.42 Å². The van der Waals surface area contributed by atoms with Crippen LogP contribution in [0.25, 0.3) is 11.0 Å². The first-order valence-corrected chi connectivity index (χ1v) is 10.9. The van der Waals surface area contributed by atoms with Gasteiger partial charge in [-0.2, -0.15) is 5.26 Å². The van der Waals surface area contributed by atoms with Crippen molar-refractivity contribution >= 4 is 39.3 Å². The molecule has 2 aromatic heterocycles. The Balaban J connectivity index is 1.34. The Morgan fingerprint density at radius 1 is 1.09 bits per heavy atom. The van der Waals surface area contributed by atoms with E-state index in [1.54, 1.807) is 18.3 Å². The second-order valence-electron chi connectivity index (χ2n) is 7.12. The number of anilines is 1. The van der Waals surface area contributed by atoms with Gasteiger partial charge in [-0.25, -0.2) is 4.98 Å². The fraction of sp³-hybridized carbons (Fsp3) is 0.167. The number of thiazole rings is 1. The smallest absolute Gasteiger partial charge is 0.261 e. The predicted octanol–water partition coefficient (Wildman–Crippen LogP) is 4.77. The van der Waals surface area contributed by atoms with Crippen molar-refractivity contribution in [1.82, 2.24) is 10.3 Å². The van der Waals surface area contributed by atoms with Crippen LogP contribution in [0.2, 0.25) is 0 Å². The summed E-state index contributed by atoms with van der Waals surface area (Å²) in [6.45, 7) is 0.484. The van der Waals surface area contributed by atoms with Gasteiger partial charge >= 0.3 is 0 Å². The number of carbonyl (C=O) groups is 2. The van der Waals surface area contributed by atoms with E-state index < -0.39 is 0 Å². The van der Waals surface area contributed by atoms with E-state index in [4.69, 9.17) is 9.68 Å². The van der Waals surface area contributed by atoms with Crippen LogP contribution in [0.3, 0.4) is 0 Å². The Morgan fingerprint density at radius 3 is 2.72 bits per heavy atom. The maximum Gasteiger partial charge on any atom is 0.261 e. The van der Waals surface area contributed by atoms with Crippen LogP contribution in [0.1, 0.15) is 44.0 Å². The molecule has 2 N–H and O–H groups in total. The quantitative estimate of drug-likeness (QED) is 0.381. The Hall–Kier alpha value is -3.96. The second kappa shape index (κ2) is 9.90. The van der Waals surface area contributed by atoms with Crippen molar-refractivity contribution in [2.45, 2.75) is 19.3 Å². The third kappa shape index (κ3) is 5.02. The maximum atomic E-state index is 12.6. The average molecular weight is 445 g/mol. The number of nitrogens with one attached hydrogen (secondary N) is 2. The van der Waals surface area contributed by atoms with E-state index in [1.807, 2.05) is 36.4 Å². The molecule has 0 spiro atoms. The number of unbranched alkanes of at least 4 members (excludes halogenated alkanes) is 1. The molecule has 0 bridgehead atoms. The second-order valence-corrected chi connectivity index (χ2v) is 8.24. The van der Waals surface area contributed by atoms with Crippen molar-refractivity contribution in [3.8, 4) is 6.07 Å². The normalized spacial score (nSPS) is 10.6. The van der Waals surface area contributed by atoms with Crippen molar-refractivity contribution in [2.24, 2.45) is 0 Å². The van der Waals surface area contributed by atoms with Gasteiger partial charge in [0.15, 0.2) is 5.13 Å². The molecule has 0 aliphatic rings. The molecule has 0 radical (unpaired) electrons. The minimum atomic E-state index is -0.263. The number of rotatable bonds is 8. The van der Waals surface area contributed by atoms with Crippen molar-refractivity contribution in [3.63, 3.8) is 0 Å². The predicted molar refractivity (Wildman–Crippen MR) is 123 cm³/mol. The summed E-state index contributed by atoms with van der Waals surface area (Å²) in [7, 11) is 0. The molecule has 0 unspecified atom stereocenters.